The molecule has 0 unspecified atom stereocenters. The number of ether oxygens (including phenoxy) is 10. The highest BCUT2D eigenvalue weighted by molar-refractivity contribution is 6.76. The second-order valence-electron chi connectivity index (χ2n) is 12.2. The van der Waals surface area contributed by atoms with E-state index in [1.807, 2.05) is 0 Å². The summed E-state index contributed by atoms with van der Waals surface area (Å²) in [6.07, 6.45) is -17.4. The standard InChI is InChI=1S/C33H35Cl3N2O18/c1-12(39)48-11-19-21(49-13(2)40)22(20(30(53-19)56-32(37)33(34,35)36)38-27(44)17-9-7-8-10-18(17)28(38)45)54-31-26(52-16(5)43)24(51-15(4)42)23(50-14(3)41)25(55-31)29(46)47-6/h7-10,19-26,30-31,37H,11H2,1-6H3/t19-,20-,21-,22-,23+,24+,25+,26-,30+,31-/m1/s1. The molecule has 2 fully saturated rings. The van der Waals surface area contributed by atoms with Crippen molar-refractivity contribution in [2.45, 2.75) is 99.8 Å². The quantitative estimate of drug-likeness (QED) is 0.0822. The van der Waals surface area contributed by atoms with Gasteiger partial charge in [-0.2, -0.15) is 0 Å². The average molecular weight is 854 g/mol. The Morgan fingerprint density at radius 2 is 1.20 bits per heavy atom. The van der Waals surface area contributed by atoms with Crippen molar-refractivity contribution in [1.82, 2.24) is 4.90 Å². The van der Waals surface area contributed by atoms with Crippen LogP contribution in [0.3, 0.4) is 0 Å². The molecule has 0 radical (unpaired) electrons. The summed E-state index contributed by atoms with van der Waals surface area (Å²) in [5, 5.41) is 8.34. The predicted molar refractivity (Wildman–Crippen MR) is 183 cm³/mol. The number of alkyl halides is 3. The Morgan fingerprint density at radius 3 is 1.68 bits per heavy atom. The summed E-state index contributed by atoms with van der Waals surface area (Å²) >= 11 is 17.8. The molecule has 4 rings (SSSR count). The number of imide groups is 1. The molecule has 1 N–H and O–H groups in total. The summed E-state index contributed by atoms with van der Waals surface area (Å²) in [5.41, 5.74) is -0.233. The maximum absolute atomic E-state index is 14.1. The van der Waals surface area contributed by atoms with Gasteiger partial charge in [0, 0.05) is 34.6 Å². The Bertz CT molecular complexity index is 1730. The number of benzene rings is 1. The molecule has 1 aromatic rings. The first-order valence-electron chi connectivity index (χ1n) is 16.3. The van der Waals surface area contributed by atoms with Crippen molar-refractivity contribution in [2.75, 3.05) is 13.7 Å². The number of nitrogens with one attached hydrogen (secondary N) is 1. The SMILES string of the molecule is COC(=O)[C@H]1O[C@@H](O[C@H]2[C@H](OC(C)=O)[C@@H](COC(C)=O)O[C@@H](OC(=N)C(Cl)(Cl)Cl)[C@@H]2N2C(=O)c3ccccc3C2=O)[C@H](OC(C)=O)[C@@H](OC(C)=O)[C@@H]1OC(C)=O. The molecule has 0 bridgehead atoms. The van der Waals surface area contributed by atoms with E-state index in [0.29, 0.717) is 4.90 Å². The van der Waals surface area contributed by atoms with Crippen LogP contribution < -0.4 is 0 Å². The summed E-state index contributed by atoms with van der Waals surface area (Å²) < 4.78 is 53.1. The van der Waals surface area contributed by atoms with Crippen molar-refractivity contribution in [3.8, 4) is 0 Å². The van der Waals surface area contributed by atoms with E-state index in [0.717, 1.165) is 41.7 Å². The smallest absolute Gasteiger partial charge is 0.339 e. The normalized spacial score (nSPS) is 28.6. The monoisotopic (exact) mass is 852 g/mol. The Balaban J connectivity index is 1.99. The van der Waals surface area contributed by atoms with Crippen LogP contribution in [0.2, 0.25) is 0 Å². The third-order valence-corrected chi connectivity index (χ3v) is 8.62. The van der Waals surface area contributed by atoms with Crippen molar-refractivity contribution in [1.29, 1.82) is 5.41 Å². The third-order valence-electron chi connectivity index (χ3n) is 8.11. The van der Waals surface area contributed by atoms with Crippen LogP contribution in [0, 0.1) is 5.41 Å². The summed E-state index contributed by atoms with van der Waals surface area (Å²) in [6, 6.07) is 3.58. The van der Waals surface area contributed by atoms with Crippen molar-refractivity contribution in [2.24, 2.45) is 0 Å². The lowest BCUT2D eigenvalue weighted by Crippen LogP contribution is -2.70. The van der Waals surface area contributed by atoms with Gasteiger partial charge >= 0.3 is 35.8 Å². The van der Waals surface area contributed by atoms with Gasteiger partial charge in [0.1, 0.15) is 24.9 Å². The average Bonchev–Trinajstić information content (AvgIpc) is 3.34. The number of esters is 6. The first-order chi connectivity index (χ1) is 26.2. The largest absolute Gasteiger partial charge is 0.467 e. The number of hydrogen-bond donors (Lipinski definition) is 1. The van der Waals surface area contributed by atoms with E-state index >= 15 is 0 Å². The minimum absolute atomic E-state index is 0.117. The molecule has 3 heterocycles. The lowest BCUT2D eigenvalue weighted by molar-refractivity contribution is -0.342. The number of halogens is 3. The van der Waals surface area contributed by atoms with E-state index in [1.165, 1.54) is 24.3 Å². The van der Waals surface area contributed by atoms with Gasteiger partial charge in [-0.25, -0.2) is 4.79 Å². The highest BCUT2D eigenvalue weighted by Crippen LogP contribution is 2.40. The molecule has 56 heavy (non-hydrogen) atoms. The molecular formula is C33H35Cl3N2O18. The number of amides is 2. The van der Waals surface area contributed by atoms with Gasteiger partial charge in [0.05, 0.1) is 18.2 Å². The van der Waals surface area contributed by atoms with Gasteiger partial charge in [-0.3, -0.25) is 43.9 Å². The predicted octanol–water partition coefficient (Wildman–Crippen LogP) is 1.31. The second kappa shape index (κ2) is 18.1. The van der Waals surface area contributed by atoms with Crippen molar-refractivity contribution >= 4 is 88.3 Å². The van der Waals surface area contributed by atoms with Crippen molar-refractivity contribution < 1.29 is 85.7 Å². The molecule has 1 aromatic carbocycles. The topological polar surface area (TPSA) is 256 Å². The zero-order valence-corrected chi connectivity index (χ0v) is 32.5. The first-order valence-corrected chi connectivity index (χ1v) is 17.4. The summed E-state index contributed by atoms with van der Waals surface area (Å²) in [7, 11) is 0.944. The van der Waals surface area contributed by atoms with Gasteiger partial charge in [0.25, 0.3) is 15.6 Å². The third kappa shape index (κ3) is 10.0. The van der Waals surface area contributed by atoms with Crippen LogP contribution >= 0.6 is 34.8 Å². The van der Waals surface area contributed by atoms with Gasteiger partial charge in [0.2, 0.25) is 12.2 Å². The van der Waals surface area contributed by atoms with E-state index in [4.69, 9.17) is 87.6 Å². The molecular weight excluding hydrogens is 819 g/mol. The van der Waals surface area contributed by atoms with Gasteiger partial charge in [-0.15, -0.1) is 0 Å². The molecule has 0 saturated carbocycles. The highest BCUT2D eigenvalue weighted by Gasteiger charge is 2.61. The van der Waals surface area contributed by atoms with Crippen LogP contribution in [-0.2, 0) is 76.1 Å². The molecule has 2 amide bonds. The molecule has 306 valence electrons. The Kier molecular flexibility index (Phi) is 14.3. The van der Waals surface area contributed by atoms with Crippen LogP contribution in [0.25, 0.3) is 0 Å². The molecule has 3 aliphatic heterocycles. The van der Waals surface area contributed by atoms with E-state index in [-0.39, 0.29) is 11.1 Å². The Labute approximate surface area is 332 Å². The number of hydrogen-bond acceptors (Lipinski definition) is 19. The van der Waals surface area contributed by atoms with Gasteiger partial charge < -0.3 is 47.4 Å². The molecule has 23 heteroatoms. The fourth-order valence-corrected chi connectivity index (χ4v) is 6.22. The summed E-state index contributed by atoms with van der Waals surface area (Å²) in [6.45, 7) is 4.10. The van der Waals surface area contributed by atoms with E-state index in [2.05, 4.69) is 0 Å². The molecule has 2 saturated heterocycles. The number of methoxy groups -OCH3 is 1. The number of carbonyl (C=O) groups excluding carboxylic acids is 8. The molecule has 3 aliphatic rings. The number of fused-ring (bicyclic) bond motifs is 1. The van der Waals surface area contributed by atoms with E-state index < -0.39 is 125 Å². The zero-order chi connectivity index (χ0) is 41.8. The van der Waals surface area contributed by atoms with Gasteiger partial charge in [0.15, 0.2) is 36.8 Å². The maximum Gasteiger partial charge on any atom is 0.339 e. The van der Waals surface area contributed by atoms with Crippen LogP contribution in [0.4, 0.5) is 0 Å². The minimum atomic E-state index is -2.58. The fraction of sp³-hybridized carbons (Fsp3) is 0.545. The molecule has 0 spiro atoms. The number of nitrogens with zero attached hydrogens (tertiary/aromatic N) is 1. The van der Waals surface area contributed by atoms with Crippen LogP contribution in [0.15, 0.2) is 24.3 Å². The Hall–Kier alpha value is -4.60. The van der Waals surface area contributed by atoms with Gasteiger partial charge in [-0.05, 0) is 12.1 Å². The van der Waals surface area contributed by atoms with Crippen molar-refractivity contribution in [3.05, 3.63) is 35.4 Å². The lowest BCUT2D eigenvalue weighted by atomic mass is 9.93. The number of rotatable bonds is 11. The zero-order valence-electron chi connectivity index (χ0n) is 30.2. The molecule has 0 aromatic heterocycles. The van der Waals surface area contributed by atoms with Crippen LogP contribution in [0.5, 0.6) is 0 Å². The minimum Gasteiger partial charge on any atom is -0.467 e. The molecule has 10 atom stereocenters. The number of carbonyl (C=O) groups is 8. The van der Waals surface area contributed by atoms with Crippen LogP contribution in [-0.4, -0.2) is 137 Å². The highest BCUT2D eigenvalue weighted by atomic mass is 35.6. The van der Waals surface area contributed by atoms with Gasteiger partial charge in [-0.1, -0.05) is 46.9 Å². The molecule has 0 aliphatic carbocycles. The van der Waals surface area contributed by atoms with Crippen LogP contribution in [0.1, 0.15) is 55.3 Å². The summed E-state index contributed by atoms with van der Waals surface area (Å²) in [5.74, 6) is -9.24. The van der Waals surface area contributed by atoms with E-state index in [1.54, 1.807) is 0 Å². The fourth-order valence-electron chi connectivity index (χ4n) is 6.09. The summed E-state index contributed by atoms with van der Waals surface area (Å²) in [4.78, 5) is 104. The molecule has 20 nitrogen and oxygen atoms in total. The van der Waals surface area contributed by atoms with E-state index in [9.17, 15) is 38.4 Å². The first kappa shape index (κ1) is 44.1. The second-order valence-corrected chi connectivity index (χ2v) is 14.4. The lowest BCUT2D eigenvalue weighted by Gasteiger charge is -2.50. The maximum atomic E-state index is 14.1. The van der Waals surface area contributed by atoms with Crippen molar-refractivity contribution in [3.63, 3.8) is 0 Å². The Morgan fingerprint density at radius 1 is 0.696 bits per heavy atom.